The average Bonchev–Trinajstić information content (AvgIpc) is 1.14. The molecule has 2 N–H and O–H groups in total. The highest BCUT2D eigenvalue weighted by molar-refractivity contribution is 6.48. The zero-order valence-corrected chi connectivity index (χ0v) is 5.79. The molecule has 5 heteroatoms. The molecule has 0 amide bonds. The Kier molecular flexibility index (Phi) is 2.16. The van der Waals surface area contributed by atoms with E-state index in [0.717, 1.165) is 0 Å². The summed E-state index contributed by atoms with van der Waals surface area (Å²) in [6.07, 6.45) is 0. The van der Waals surface area contributed by atoms with Crippen molar-refractivity contribution in [1.82, 2.24) is 0 Å². The Hall–Kier alpha value is -0.185. The van der Waals surface area contributed by atoms with Crippen LogP contribution in [0.5, 0.6) is 0 Å². The van der Waals surface area contributed by atoms with Crippen molar-refractivity contribution < 1.29 is 18.2 Å². The summed E-state index contributed by atoms with van der Waals surface area (Å²) in [5.41, 5.74) is -0.738. The summed E-state index contributed by atoms with van der Waals surface area (Å²) < 4.78 is 34.7. The van der Waals surface area contributed by atoms with E-state index in [9.17, 15) is 12.9 Å². The van der Waals surface area contributed by atoms with Crippen LogP contribution in [0.1, 0.15) is 20.8 Å². The minimum atomic E-state index is -4.72. The lowest BCUT2D eigenvalue weighted by atomic mass is 10.0. The largest absolute Gasteiger partial charge is 0.730 e. The summed E-state index contributed by atoms with van der Waals surface area (Å²) in [5, 5.41) is 0.438. The third kappa shape index (κ3) is 7.81. The molecule has 9 heavy (non-hydrogen) atoms. The number of halogens is 3. The molecular weight excluding hydrogens is 130 g/mol. The van der Waals surface area contributed by atoms with Crippen LogP contribution in [-0.2, 0) is 0 Å². The Morgan fingerprint density at radius 3 is 1.44 bits per heavy atom. The van der Waals surface area contributed by atoms with E-state index in [2.05, 4.69) is 0 Å². The van der Waals surface area contributed by atoms with Crippen molar-refractivity contribution in [1.29, 1.82) is 0 Å². The highest BCUT2D eigenvalue weighted by atomic mass is 19.4. The molecule has 0 aromatic rings. The number of quaternary nitrogens is 1. The van der Waals surface area contributed by atoms with E-state index >= 15 is 0 Å². The van der Waals surface area contributed by atoms with Crippen molar-refractivity contribution in [3.05, 3.63) is 0 Å². The lowest BCUT2D eigenvalue weighted by molar-refractivity contribution is -0.629. The summed E-state index contributed by atoms with van der Waals surface area (Å²) in [5.74, 6) is 0. The first-order valence-corrected chi connectivity index (χ1v) is 2.78. The summed E-state index contributed by atoms with van der Waals surface area (Å²) in [4.78, 5) is 0. The smallest absolute Gasteiger partial charge is 0.440 e. The fourth-order valence-corrected chi connectivity index (χ4v) is 0.567. The van der Waals surface area contributed by atoms with Gasteiger partial charge in [0, 0.05) is 0 Å². The van der Waals surface area contributed by atoms with Gasteiger partial charge in [0.25, 0.3) is 0 Å². The van der Waals surface area contributed by atoms with Crippen LogP contribution in [0, 0.1) is 0 Å². The second-order valence-electron chi connectivity index (χ2n) is 3.16. The average molecular weight is 141 g/mol. The molecule has 0 atom stereocenters. The SMILES string of the molecule is CC(C)(C)[NH2+][B-](F)(F)F. The van der Waals surface area contributed by atoms with Gasteiger partial charge in [-0.1, -0.05) is 0 Å². The van der Waals surface area contributed by atoms with Gasteiger partial charge < -0.3 is 18.2 Å². The van der Waals surface area contributed by atoms with E-state index in [1.54, 1.807) is 0 Å². The van der Waals surface area contributed by atoms with Gasteiger partial charge in [-0.15, -0.1) is 0 Å². The van der Waals surface area contributed by atoms with Crippen LogP contribution >= 0.6 is 0 Å². The quantitative estimate of drug-likeness (QED) is 0.517. The predicted octanol–water partition coefficient (Wildman–Crippen LogP) is 0.692. The molecule has 0 unspecified atom stereocenters. The Morgan fingerprint density at radius 1 is 1.11 bits per heavy atom. The molecule has 0 aliphatic heterocycles. The normalized spacial score (nSPS) is 14.0. The summed E-state index contributed by atoms with van der Waals surface area (Å²) in [6, 6.07) is 0. The van der Waals surface area contributed by atoms with Crippen LogP contribution in [0.4, 0.5) is 12.9 Å². The number of rotatable bonds is 1. The summed E-state index contributed by atoms with van der Waals surface area (Å²) in [7, 11) is -4.72. The van der Waals surface area contributed by atoms with Crippen LogP contribution in [0.15, 0.2) is 0 Å². The second-order valence-corrected chi connectivity index (χ2v) is 3.16. The zero-order valence-electron chi connectivity index (χ0n) is 5.79. The fourth-order valence-electron chi connectivity index (χ4n) is 0.567. The maximum Gasteiger partial charge on any atom is 0.730 e. The third-order valence-corrected chi connectivity index (χ3v) is 0.689. The zero-order chi connectivity index (χ0) is 7.71. The Bertz CT molecular complexity index is 81.0. The molecule has 0 saturated carbocycles. The van der Waals surface area contributed by atoms with Crippen LogP contribution < -0.4 is 5.23 Å². The second kappa shape index (κ2) is 2.21. The molecule has 1 nitrogen and oxygen atoms in total. The monoisotopic (exact) mass is 141 g/mol. The molecular formula is C4H11BF3N. The van der Waals surface area contributed by atoms with Gasteiger partial charge in [0.05, 0.1) is 5.54 Å². The molecule has 0 aromatic carbocycles. The van der Waals surface area contributed by atoms with Gasteiger partial charge >= 0.3 is 7.11 Å². The van der Waals surface area contributed by atoms with Gasteiger partial charge in [-0.05, 0) is 20.8 Å². The number of nitrogens with two attached hydrogens (primary N) is 1. The van der Waals surface area contributed by atoms with Crippen molar-refractivity contribution in [2.75, 3.05) is 0 Å². The van der Waals surface area contributed by atoms with Crippen molar-refractivity contribution in [3.63, 3.8) is 0 Å². The molecule has 0 aromatic heterocycles. The van der Waals surface area contributed by atoms with Gasteiger partial charge in [-0.2, -0.15) is 0 Å². The molecule has 0 rings (SSSR count). The Balaban J connectivity index is 3.75. The van der Waals surface area contributed by atoms with Gasteiger partial charge in [0.2, 0.25) is 0 Å². The van der Waals surface area contributed by atoms with Crippen LogP contribution in [0.25, 0.3) is 0 Å². The van der Waals surface area contributed by atoms with Crippen molar-refractivity contribution >= 4 is 7.11 Å². The molecule has 0 fully saturated rings. The van der Waals surface area contributed by atoms with Crippen molar-refractivity contribution in [2.24, 2.45) is 0 Å². The Morgan fingerprint density at radius 2 is 1.44 bits per heavy atom. The molecule has 0 saturated heterocycles. The molecule has 56 valence electrons. The van der Waals surface area contributed by atoms with Gasteiger partial charge in [-0.3, -0.25) is 0 Å². The standard InChI is InChI=1S/C4H11BF3N/c1-4(2,3)9-5(6,7)8/h9H2,1-3H3. The molecule has 0 aliphatic carbocycles. The first kappa shape index (κ1) is 8.81. The minimum Gasteiger partial charge on any atom is -0.440 e. The van der Waals surface area contributed by atoms with E-state index in [-0.39, 0.29) is 0 Å². The van der Waals surface area contributed by atoms with E-state index in [1.807, 2.05) is 0 Å². The maximum atomic E-state index is 11.6. The van der Waals surface area contributed by atoms with Crippen molar-refractivity contribution in [3.8, 4) is 0 Å². The predicted molar refractivity (Wildman–Crippen MR) is 30.8 cm³/mol. The van der Waals surface area contributed by atoms with Crippen molar-refractivity contribution in [2.45, 2.75) is 26.3 Å². The number of hydrogen-bond donors (Lipinski definition) is 1. The molecule has 0 spiro atoms. The van der Waals surface area contributed by atoms with Crippen LogP contribution in [-0.4, -0.2) is 12.7 Å². The molecule has 0 heterocycles. The van der Waals surface area contributed by atoms with Crippen LogP contribution in [0.2, 0.25) is 0 Å². The summed E-state index contributed by atoms with van der Waals surface area (Å²) >= 11 is 0. The van der Waals surface area contributed by atoms with Gasteiger partial charge in [0.1, 0.15) is 0 Å². The van der Waals surface area contributed by atoms with Gasteiger partial charge in [-0.25, -0.2) is 0 Å². The number of hydrogen-bond acceptors (Lipinski definition) is 0. The molecule has 0 radical (unpaired) electrons. The van der Waals surface area contributed by atoms with E-state index < -0.39 is 12.7 Å². The van der Waals surface area contributed by atoms with E-state index in [4.69, 9.17) is 0 Å². The summed E-state index contributed by atoms with van der Waals surface area (Å²) in [6.45, 7) is 4.59. The highest BCUT2D eigenvalue weighted by Gasteiger charge is 2.37. The van der Waals surface area contributed by atoms with Crippen LogP contribution in [0.3, 0.4) is 0 Å². The first-order chi connectivity index (χ1) is 3.71. The molecule has 0 aliphatic rings. The fraction of sp³-hybridized carbons (Fsp3) is 1.00. The third-order valence-electron chi connectivity index (χ3n) is 0.689. The lowest BCUT2D eigenvalue weighted by Crippen LogP contribution is -3.04. The Labute approximate surface area is 52.7 Å². The highest BCUT2D eigenvalue weighted by Crippen LogP contribution is 1.99. The van der Waals surface area contributed by atoms with E-state index in [0.29, 0.717) is 5.23 Å². The lowest BCUT2D eigenvalue weighted by Gasteiger charge is -2.24. The first-order valence-electron chi connectivity index (χ1n) is 2.78. The molecule has 0 bridgehead atoms. The topological polar surface area (TPSA) is 16.6 Å². The van der Waals surface area contributed by atoms with Gasteiger partial charge in [0.15, 0.2) is 0 Å². The van der Waals surface area contributed by atoms with E-state index in [1.165, 1.54) is 20.8 Å². The maximum absolute atomic E-state index is 11.6. The minimum absolute atomic E-state index is 0.438.